The molecule has 0 aliphatic rings. The van der Waals surface area contributed by atoms with Crippen molar-refractivity contribution in [2.24, 2.45) is 0 Å². The van der Waals surface area contributed by atoms with Crippen molar-refractivity contribution in [3.05, 3.63) is 95.6 Å². The van der Waals surface area contributed by atoms with Crippen molar-refractivity contribution in [1.82, 2.24) is 0 Å². The van der Waals surface area contributed by atoms with Gasteiger partial charge in [0.25, 0.3) is 5.91 Å². The van der Waals surface area contributed by atoms with Crippen LogP contribution in [-0.4, -0.2) is 18.3 Å². The molecule has 29 heavy (non-hydrogen) atoms. The second-order valence-corrected chi connectivity index (χ2v) is 6.86. The Morgan fingerprint density at radius 2 is 1.48 bits per heavy atom. The second-order valence-electron chi connectivity index (χ2n) is 6.86. The lowest BCUT2D eigenvalue weighted by molar-refractivity contribution is -0.118. The van der Waals surface area contributed by atoms with Gasteiger partial charge in [0.1, 0.15) is 5.75 Å². The number of carbonyl (C=O) groups excluding carboxylic acids is 2. The Morgan fingerprint density at radius 3 is 2.14 bits per heavy atom. The third kappa shape index (κ3) is 6.04. The molecule has 4 nitrogen and oxygen atoms in total. The number of amides is 1. The van der Waals surface area contributed by atoms with E-state index >= 15 is 0 Å². The van der Waals surface area contributed by atoms with Crippen LogP contribution >= 0.6 is 0 Å². The van der Waals surface area contributed by atoms with Crippen LogP contribution in [0.4, 0.5) is 5.69 Å². The first-order chi connectivity index (χ1) is 14.2. The number of rotatable bonds is 9. The maximum Gasteiger partial charge on any atom is 0.262 e. The average molecular weight is 387 g/mol. The molecule has 3 rings (SSSR count). The molecule has 0 bridgehead atoms. The lowest BCUT2D eigenvalue weighted by Crippen LogP contribution is -2.20. The van der Waals surface area contributed by atoms with Crippen molar-refractivity contribution in [1.29, 1.82) is 0 Å². The van der Waals surface area contributed by atoms with E-state index < -0.39 is 0 Å². The van der Waals surface area contributed by atoms with Crippen molar-refractivity contribution in [2.45, 2.75) is 26.2 Å². The highest BCUT2D eigenvalue weighted by molar-refractivity contribution is 6.09. The summed E-state index contributed by atoms with van der Waals surface area (Å²) < 4.78 is 5.53. The first-order valence-corrected chi connectivity index (χ1v) is 9.87. The molecule has 0 spiro atoms. The van der Waals surface area contributed by atoms with Crippen LogP contribution in [0.3, 0.4) is 0 Å². The smallest absolute Gasteiger partial charge is 0.262 e. The van der Waals surface area contributed by atoms with Gasteiger partial charge in [-0.05, 0) is 54.8 Å². The molecule has 0 aromatic heterocycles. The number of unbranched alkanes of at least 4 members (excludes halogenated alkanes) is 1. The van der Waals surface area contributed by atoms with E-state index in [1.165, 1.54) is 5.56 Å². The highest BCUT2D eigenvalue weighted by Gasteiger charge is 2.09. The van der Waals surface area contributed by atoms with Crippen molar-refractivity contribution in [2.75, 3.05) is 11.9 Å². The fourth-order valence-corrected chi connectivity index (χ4v) is 2.94. The van der Waals surface area contributed by atoms with Gasteiger partial charge in [0.05, 0.1) is 0 Å². The van der Waals surface area contributed by atoms with Crippen LogP contribution in [0.5, 0.6) is 5.75 Å². The number of ketones is 1. The summed E-state index contributed by atoms with van der Waals surface area (Å²) in [5, 5.41) is 2.83. The number of hydrogen-bond donors (Lipinski definition) is 1. The van der Waals surface area contributed by atoms with E-state index in [0.29, 0.717) is 16.9 Å². The van der Waals surface area contributed by atoms with E-state index in [4.69, 9.17) is 4.74 Å². The maximum absolute atomic E-state index is 12.4. The minimum absolute atomic E-state index is 0.0442. The largest absolute Gasteiger partial charge is 0.484 e. The molecule has 1 amide bonds. The lowest BCUT2D eigenvalue weighted by Gasteiger charge is -2.09. The van der Waals surface area contributed by atoms with Gasteiger partial charge in [0.2, 0.25) is 0 Å². The molecule has 3 aromatic carbocycles. The van der Waals surface area contributed by atoms with Crippen LogP contribution in [0.15, 0.2) is 78.9 Å². The fraction of sp³-hybridized carbons (Fsp3) is 0.200. The molecular weight excluding hydrogens is 362 g/mol. The van der Waals surface area contributed by atoms with Gasteiger partial charge in [-0.1, -0.05) is 55.8 Å². The second kappa shape index (κ2) is 10.2. The van der Waals surface area contributed by atoms with Gasteiger partial charge in [-0.15, -0.1) is 0 Å². The summed E-state index contributed by atoms with van der Waals surface area (Å²) in [7, 11) is 0. The molecule has 0 radical (unpaired) electrons. The zero-order valence-corrected chi connectivity index (χ0v) is 16.6. The van der Waals surface area contributed by atoms with E-state index in [9.17, 15) is 9.59 Å². The molecule has 0 heterocycles. The predicted octanol–water partition coefficient (Wildman–Crippen LogP) is 5.28. The number of benzene rings is 3. The fourth-order valence-electron chi connectivity index (χ4n) is 2.94. The summed E-state index contributed by atoms with van der Waals surface area (Å²) >= 11 is 0. The number of hydrogen-bond acceptors (Lipinski definition) is 3. The minimum Gasteiger partial charge on any atom is -0.484 e. The number of carbonyl (C=O) groups is 2. The standard InChI is InChI=1S/C25H25NO3/c1-2-3-7-19-10-14-22(15-11-19)26-24(27)18-29-23-16-12-21(13-17-23)25(28)20-8-5-4-6-9-20/h4-6,8-17H,2-3,7,18H2,1H3,(H,26,27). The number of anilines is 1. The number of ether oxygens (including phenoxy) is 1. The SMILES string of the molecule is CCCCc1ccc(NC(=O)COc2ccc(C(=O)c3ccccc3)cc2)cc1. The Kier molecular flexibility index (Phi) is 7.17. The summed E-state index contributed by atoms with van der Waals surface area (Å²) in [6.45, 7) is 2.08. The molecule has 148 valence electrons. The van der Waals surface area contributed by atoms with Crippen LogP contribution < -0.4 is 10.1 Å². The van der Waals surface area contributed by atoms with Gasteiger partial charge in [-0.2, -0.15) is 0 Å². The molecular formula is C25H25NO3. The monoisotopic (exact) mass is 387 g/mol. The van der Waals surface area contributed by atoms with Gasteiger partial charge in [-0.25, -0.2) is 0 Å². The Balaban J connectivity index is 1.49. The Labute approximate surface area is 171 Å². The topological polar surface area (TPSA) is 55.4 Å². The molecule has 0 aliphatic heterocycles. The predicted molar refractivity (Wildman–Crippen MR) is 115 cm³/mol. The van der Waals surface area contributed by atoms with E-state index in [-0.39, 0.29) is 18.3 Å². The summed E-state index contributed by atoms with van der Waals surface area (Å²) in [5.74, 6) is 0.271. The van der Waals surface area contributed by atoms with Crippen molar-refractivity contribution < 1.29 is 14.3 Å². The lowest BCUT2D eigenvalue weighted by atomic mass is 10.0. The molecule has 1 N–H and O–H groups in total. The molecule has 0 atom stereocenters. The zero-order chi connectivity index (χ0) is 20.5. The Morgan fingerprint density at radius 1 is 0.828 bits per heavy atom. The van der Waals surface area contributed by atoms with Crippen molar-refractivity contribution in [3.63, 3.8) is 0 Å². The molecule has 0 aliphatic carbocycles. The summed E-state index contributed by atoms with van der Waals surface area (Å²) in [6, 6.07) is 23.8. The molecule has 0 saturated carbocycles. The molecule has 0 fully saturated rings. The Bertz CT molecular complexity index is 932. The highest BCUT2D eigenvalue weighted by Crippen LogP contribution is 2.16. The molecule has 4 heteroatoms. The number of aryl methyl sites for hydroxylation is 1. The van der Waals surface area contributed by atoms with Gasteiger partial charge in [-0.3, -0.25) is 9.59 Å². The van der Waals surface area contributed by atoms with E-state index in [1.807, 2.05) is 42.5 Å². The van der Waals surface area contributed by atoms with E-state index in [1.54, 1.807) is 36.4 Å². The van der Waals surface area contributed by atoms with E-state index in [2.05, 4.69) is 12.2 Å². The summed E-state index contributed by atoms with van der Waals surface area (Å²) in [4.78, 5) is 24.5. The average Bonchev–Trinajstić information content (AvgIpc) is 2.78. The van der Waals surface area contributed by atoms with Gasteiger partial charge >= 0.3 is 0 Å². The summed E-state index contributed by atoms with van der Waals surface area (Å²) in [5.41, 5.74) is 3.24. The Hall–Kier alpha value is -3.40. The van der Waals surface area contributed by atoms with Gasteiger partial charge < -0.3 is 10.1 Å². The third-order valence-electron chi connectivity index (χ3n) is 4.58. The van der Waals surface area contributed by atoms with Crippen molar-refractivity contribution in [3.8, 4) is 5.75 Å². The zero-order valence-electron chi connectivity index (χ0n) is 16.6. The quantitative estimate of drug-likeness (QED) is 0.508. The minimum atomic E-state index is -0.226. The van der Waals surface area contributed by atoms with Gasteiger partial charge in [0, 0.05) is 16.8 Å². The maximum atomic E-state index is 12.4. The van der Waals surface area contributed by atoms with Crippen LogP contribution in [0.2, 0.25) is 0 Å². The van der Waals surface area contributed by atoms with Crippen molar-refractivity contribution >= 4 is 17.4 Å². The molecule has 0 unspecified atom stereocenters. The third-order valence-corrected chi connectivity index (χ3v) is 4.58. The highest BCUT2D eigenvalue weighted by atomic mass is 16.5. The first-order valence-electron chi connectivity index (χ1n) is 9.87. The van der Waals surface area contributed by atoms with Crippen LogP contribution in [-0.2, 0) is 11.2 Å². The number of nitrogens with one attached hydrogen (secondary N) is 1. The van der Waals surface area contributed by atoms with Crippen LogP contribution in [0.25, 0.3) is 0 Å². The normalized spacial score (nSPS) is 10.4. The van der Waals surface area contributed by atoms with Crippen LogP contribution in [0, 0.1) is 0 Å². The van der Waals surface area contributed by atoms with E-state index in [0.717, 1.165) is 24.9 Å². The van der Waals surface area contributed by atoms with Gasteiger partial charge in [0.15, 0.2) is 12.4 Å². The molecule has 3 aromatic rings. The van der Waals surface area contributed by atoms with Crippen LogP contribution in [0.1, 0.15) is 41.3 Å². The first kappa shape index (κ1) is 20.3. The summed E-state index contributed by atoms with van der Waals surface area (Å²) in [6.07, 6.45) is 3.38. The molecule has 0 saturated heterocycles.